The number of rotatable bonds is 3. The number of thioether (sulfide) groups is 1. The van der Waals surface area contributed by atoms with E-state index in [1.807, 2.05) is 0 Å². The summed E-state index contributed by atoms with van der Waals surface area (Å²) in [5.41, 5.74) is 0.477. The zero-order valence-corrected chi connectivity index (χ0v) is 13.5. The van der Waals surface area contributed by atoms with Crippen LogP contribution in [0.2, 0.25) is 0 Å². The Bertz CT molecular complexity index is 304. The molecule has 1 aliphatic carbocycles. The average Bonchev–Trinajstić information content (AvgIpc) is 3.00. The summed E-state index contributed by atoms with van der Waals surface area (Å²) in [5, 5.41) is 3.91. The van der Waals surface area contributed by atoms with E-state index in [-0.39, 0.29) is 0 Å². The zero-order chi connectivity index (χ0) is 13.3. The van der Waals surface area contributed by atoms with Gasteiger partial charge in [0, 0.05) is 36.0 Å². The van der Waals surface area contributed by atoms with Crippen molar-refractivity contribution in [1.29, 1.82) is 0 Å². The lowest BCUT2D eigenvalue weighted by atomic mass is 9.90. The average molecular weight is 282 g/mol. The van der Waals surface area contributed by atoms with Gasteiger partial charge >= 0.3 is 0 Å². The highest BCUT2D eigenvalue weighted by Gasteiger charge is 2.43. The Morgan fingerprint density at radius 3 is 2.63 bits per heavy atom. The Labute approximate surface area is 123 Å². The molecular weight excluding hydrogens is 252 g/mol. The van der Waals surface area contributed by atoms with Gasteiger partial charge in [-0.3, -0.25) is 4.90 Å². The summed E-state index contributed by atoms with van der Waals surface area (Å²) in [4.78, 5) is 2.85. The Kier molecular flexibility index (Phi) is 4.17. The molecule has 2 aliphatic heterocycles. The summed E-state index contributed by atoms with van der Waals surface area (Å²) < 4.78 is 0.532. The quantitative estimate of drug-likeness (QED) is 0.855. The van der Waals surface area contributed by atoms with Crippen molar-refractivity contribution in [2.24, 2.45) is 0 Å². The lowest BCUT2D eigenvalue weighted by Gasteiger charge is -2.48. The van der Waals surface area contributed by atoms with Crippen LogP contribution in [0.3, 0.4) is 0 Å². The van der Waals surface area contributed by atoms with E-state index in [2.05, 4.69) is 35.8 Å². The first-order valence-corrected chi connectivity index (χ1v) is 9.26. The van der Waals surface area contributed by atoms with Gasteiger partial charge in [-0.05, 0) is 44.8 Å². The van der Waals surface area contributed by atoms with E-state index < -0.39 is 0 Å². The second-order valence-corrected chi connectivity index (χ2v) is 8.92. The molecule has 0 aromatic heterocycles. The van der Waals surface area contributed by atoms with Crippen molar-refractivity contribution in [1.82, 2.24) is 10.2 Å². The van der Waals surface area contributed by atoms with Crippen LogP contribution >= 0.6 is 11.8 Å². The maximum Gasteiger partial charge on any atom is 0.0309 e. The molecule has 0 amide bonds. The van der Waals surface area contributed by atoms with Crippen LogP contribution in [-0.4, -0.2) is 46.6 Å². The third-order valence-corrected chi connectivity index (χ3v) is 7.13. The van der Waals surface area contributed by atoms with Gasteiger partial charge in [-0.25, -0.2) is 0 Å². The minimum atomic E-state index is 0.477. The monoisotopic (exact) mass is 282 g/mol. The maximum absolute atomic E-state index is 3.91. The summed E-state index contributed by atoms with van der Waals surface area (Å²) in [6, 6.07) is 0.768. The number of nitrogens with zero attached hydrogens (tertiary/aromatic N) is 1. The largest absolute Gasteiger partial charge is 0.308 e. The van der Waals surface area contributed by atoms with Gasteiger partial charge in [-0.2, -0.15) is 11.8 Å². The molecule has 0 aromatic rings. The molecule has 110 valence electrons. The van der Waals surface area contributed by atoms with Crippen molar-refractivity contribution in [2.75, 3.05) is 25.4 Å². The van der Waals surface area contributed by atoms with Gasteiger partial charge in [0.25, 0.3) is 0 Å². The number of hydrogen-bond donors (Lipinski definition) is 1. The second-order valence-electron chi connectivity index (χ2n) is 7.24. The Balaban J connectivity index is 1.68. The molecule has 19 heavy (non-hydrogen) atoms. The first-order chi connectivity index (χ1) is 9.15. The number of nitrogens with one attached hydrogen (secondary N) is 1. The van der Waals surface area contributed by atoms with E-state index >= 15 is 0 Å². The molecule has 2 nitrogen and oxygen atoms in total. The fourth-order valence-corrected chi connectivity index (χ4v) is 5.73. The van der Waals surface area contributed by atoms with Crippen molar-refractivity contribution < 1.29 is 0 Å². The number of piperazine rings is 1. The molecule has 0 aromatic carbocycles. The molecule has 3 fully saturated rings. The van der Waals surface area contributed by atoms with Crippen LogP contribution in [0.4, 0.5) is 0 Å². The van der Waals surface area contributed by atoms with Gasteiger partial charge in [-0.1, -0.05) is 19.8 Å². The molecule has 1 N–H and O–H groups in total. The molecule has 1 spiro atoms. The third kappa shape index (κ3) is 2.98. The lowest BCUT2D eigenvalue weighted by molar-refractivity contribution is 0.0705. The van der Waals surface area contributed by atoms with Crippen molar-refractivity contribution in [3.63, 3.8) is 0 Å². The summed E-state index contributed by atoms with van der Waals surface area (Å²) in [6.45, 7) is 8.70. The molecule has 3 heteroatoms. The van der Waals surface area contributed by atoms with Gasteiger partial charge in [0.1, 0.15) is 0 Å². The van der Waals surface area contributed by atoms with Gasteiger partial charge in [0.15, 0.2) is 0 Å². The fraction of sp³-hybridized carbons (Fsp3) is 1.00. The van der Waals surface area contributed by atoms with Crippen molar-refractivity contribution in [3.05, 3.63) is 0 Å². The van der Waals surface area contributed by atoms with Crippen LogP contribution < -0.4 is 5.32 Å². The van der Waals surface area contributed by atoms with Crippen molar-refractivity contribution >= 4 is 11.8 Å². The first-order valence-electron chi connectivity index (χ1n) is 8.28. The van der Waals surface area contributed by atoms with E-state index in [4.69, 9.17) is 0 Å². The molecule has 0 bridgehead atoms. The molecule has 2 atom stereocenters. The topological polar surface area (TPSA) is 15.3 Å². The summed E-state index contributed by atoms with van der Waals surface area (Å²) in [6.07, 6.45) is 9.82. The summed E-state index contributed by atoms with van der Waals surface area (Å²) in [5.74, 6) is 1.38. The van der Waals surface area contributed by atoms with Crippen LogP contribution in [0.25, 0.3) is 0 Å². The smallest absolute Gasteiger partial charge is 0.0309 e. The van der Waals surface area contributed by atoms with Crippen LogP contribution in [-0.2, 0) is 0 Å². The minimum absolute atomic E-state index is 0.477. The molecule has 2 heterocycles. The van der Waals surface area contributed by atoms with E-state index in [1.165, 1.54) is 70.3 Å². The molecular formula is C16H30N2S. The molecule has 2 saturated heterocycles. The SMILES string of the molecule is CCC1CNC2(CCCC2)CN1CC1(C)CCCS1. The minimum Gasteiger partial charge on any atom is -0.308 e. The van der Waals surface area contributed by atoms with Crippen LogP contribution in [0.5, 0.6) is 0 Å². The Morgan fingerprint density at radius 1 is 1.21 bits per heavy atom. The van der Waals surface area contributed by atoms with Crippen molar-refractivity contribution in [2.45, 2.75) is 75.1 Å². The van der Waals surface area contributed by atoms with Crippen LogP contribution in [0.1, 0.15) is 58.8 Å². The first kappa shape index (κ1) is 14.2. The molecule has 1 saturated carbocycles. The predicted octanol–water partition coefficient (Wildman–Crippen LogP) is 3.27. The predicted molar refractivity (Wildman–Crippen MR) is 85.0 cm³/mol. The zero-order valence-electron chi connectivity index (χ0n) is 12.7. The maximum atomic E-state index is 3.91. The van der Waals surface area contributed by atoms with E-state index in [1.54, 1.807) is 0 Å². The highest BCUT2D eigenvalue weighted by Crippen LogP contribution is 2.40. The highest BCUT2D eigenvalue weighted by molar-refractivity contribution is 8.00. The van der Waals surface area contributed by atoms with E-state index in [9.17, 15) is 0 Å². The number of hydrogen-bond acceptors (Lipinski definition) is 3. The molecule has 2 unspecified atom stereocenters. The van der Waals surface area contributed by atoms with Gasteiger partial charge in [-0.15, -0.1) is 0 Å². The molecule has 3 rings (SSSR count). The third-order valence-electron chi connectivity index (χ3n) is 5.60. The Hall–Kier alpha value is 0.270. The highest BCUT2D eigenvalue weighted by atomic mass is 32.2. The van der Waals surface area contributed by atoms with Crippen molar-refractivity contribution in [3.8, 4) is 0 Å². The second kappa shape index (κ2) is 5.57. The normalized spacial score (nSPS) is 39.2. The summed E-state index contributed by atoms with van der Waals surface area (Å²) in [7, 11) is 0. The van der Waals surface area contributed by atoms with Crippen LogP contribution in [0.15, 0.2) is 0 Å². The van der Waals surface area contributed by atoms with Gasteiger partial charge < -0.3 is 5.32 Å². The van der Waals surface area contributed by atoms with E-state index in [0.29, 0.717) is 10.3 Å². The van der Waals surface area contributed by atoms with Gasteiger partial charge in [0.2, 0.25) is 0 Å². The molecule has 0 radical (unpaired) electrons. The summed E-state index contributed by atoms with van der Waals surface area (Å²) >= 11 is 2.22. The van der Waals surface area contributed by atoms with Crippen LogP contribution in [0, 0.1) is 0 Å². The lowest BCUT2D eigenvalue weighted by Crippen LogP contribution is -2.64. The molecule has 3 aliphatic rings. The van der Waals surface area contributed by atoms with Gasteiger partial charge in [0.05, 0.1) is 0 Å². The van der Waals surface area contributed by atoms with E-state index in [0.717, 1.165) is 6.04 Å². The fourth-order valence-electron chi connectivity index (χ4n) is 4.40. The Morgan fingerprint density at radius 2 is 2.00 bits per heavy atom. The standard InChI is InChI=1S/C16H30N2S/c1-3-14-11-17-16(8-4-5-9-16)13-18(14)12-15(2)7-6-10-19-15/h14,17H,3-13H2,1-2H3.